The fourth-order valence-electron chi connectivity index (χ4n) is 2.07. The van der Waals surface area contributed by atoms with Gasteiger partial charge in [-0.25, -0.2) is 13.8 Å². The van der Waals surface area contributed by atoms with Crippen LogP contribution in [0.2, 0.25) is 0 Å². The molecule has 5 nitrogen and oxygen atoms in total. The first-order valence-electron chi connectivity index (χ1n) is 6.46. The summed E-state index contributed by atoms with van der Waals surface area (Å²) in [5, 5.41) is 3.25. The lowest BCUT2D eigenvalue weighted by Gasteiger charge is -2.31. The molecule has 2 heterocycles. The van der Waals surface area contributed by atoms with Gasteiger partial charge in [0.05, 0.1) is 0 Å². The molecular weight excluding hydrogens is 268 g/mol. The molecule has 1 N–H and O–H groups in total. The van der Waals surface area contributed by atoms with Crippen molar-refractivity contribution in [2.75, 3.05) is 26.2 Å². The van der Waals surface area contributed by atoms with Crippen molar-refractivity contribution in [3.05, 3.63) is 23.9 Å². The maximum absolute atomic E-state index is 12.3. The number of hydrogen-bond acceptors (Lipinski definition) is 4. The first-order valence-corrected chi connectivity index (χ1v) is 6.46. The Labute approximate surface area is 115 Å². The third-order valence-electron chi connectivity index (χ3n) is 2.99. The molecule has 1 saturated heterocycles. The van der Waals surface area contributed by atoms with Gasteiger partial charge in [-0.1, -0.05) is 0 Å². The number of halogens is 2. The summed E-state index contributed by atoms with van der Waals surface area (Å²) in [5.41, 5.74) is 0.401. The lowest BCUT2D eigenvalue weighted by atomic mass is 10.2. The van der Waals surface area contributed by atoms with E-state index in [0.29, 0.717) is 18.7 Å². The minimum absolute atomic E-state index is 0.0410. The summed E-state index contributed by atoms with van der Waals surface area (Å²) in [4.78, 5) is 17.8. The van der Waals surface area contributed by atoms with E-state index in [9.17, 15) is 13.6 Å². The van der Waals surface area contributed by atoms with Crippen molar-refractivity contribution in [2.45, 2.75) is 19.4 Å². The quantitative estimate of drug-likeness (QED) is 0.902. The van der Waals surface area contributed by atoms with Crippen LogP contribution in [0.3, 0.4) is 0 Å². The number of carbonyl (C=O) groups excluding carboxylic acids is 1. The molecule has 0 unspecified atom stereocenters. The fraction of sp³-hybridized carbons (Fsp3) is 0.538. The van der Waals surface area contributed by atoms with Crippen LogP contribution in [0, 0.1) is 0 Å². The number of carbonyl (C=O) groups is 1. The molecule has 0 radical (unpaired) electrons. The second-order valence-electron chi connectivity index (χ2n) is 4.69. The number of aromatic nitrogens is 1. The van der Waals surface area contributed by atoms with Crippen LogP contribution in [-0.2, 0) is 0 Å². The minimum Gasteiger partial charge on any atom is -0.472 e. The predicted molar refractivity (Wildman–Crippen MR) is 69.1 cm³/mol. The van der Waals surface area contributed by atoms with Gasteiger partial charge in [0, 0.05) is 43.5 Å². The van der Waals surface area contributed by atoms with E-state index in [0.717, 1.165) is 6.54 Å². The number of hydrogen-bond donors (Lipinski definition) is 1. The van der Waals surface area contributed by atoms with Crippen molar-refractivity contribution in [1.82, 2.24) is 15.2 Å². The number of piperazine rings is 1. The van der Waals surface area contributed by atoms with Crippen LogP contribution in [-0.4, -0.2) is 54.5 Å². The average Bonchev–Trinajstić information content (AvgIpc) is 2.44. The largest absolute Gasteiger partial charge is 0.472 e. The van der Waals surface area contributed by atoms with Crippen molar-refractivity contribution in [2.24, 2.45) is 0 Å². The van der Waals surface area contributed by atoms with Gasteiger partial charge in [-0.2, -0.15) is 0 Å². The summed E-state index contributed by atoms with van der Waals surface area (Å²) in [5.74, 6) is -0.0954. The summed E-state index contributed by atoms with van der Waals surface area (Å²) in [6.07, 6.45) is -1.18. The Morgan fingerprint density at radius 2 is 2.45 bits per heavy atom. The predicted octanol–water partition coefficient (Wildman–Crippen LogP) is 1.16. The van der Waals surface area contributed by atoms with Gasteiger partial charge in [-0.05, 0) is 13.0 Å². The molecule has 0 aliphatic carbocycles. The topological polar surface area (TPSA) is 54.5 Å². The van der Waals surface area contributed by atoms with Gasteiger partial charge in [0.15, 0.2) is 6.61 Å². The van der Waals surface area contributed by atoms with Crippen molar-refractivity contribution in [1.29, 1.82) is 0 Å². The first kappa shape index (κ1) is 14.6. The molecule has 110 valence electrons. The maximum atomic E-state index is 12.3. The number of pyridine rings is 1. The van der Waals surface area contributed by atoms with E-state index in [1.807, 2.05) is 6.92 Å². The van der Waals surface area contributed by atoms with E-state index >= 15 is 0 Å². The van der Waals surface area contributed by atoms with Gasteiger partial charge in [0.25, 0.3) is 12.3 Å². The molecule has 0 aromatic carbocycles. The molecule has 0 bridgehead atoms. The molecule has 1 fully saturated rings. The van der Waals surface area contributed by atoms with Gasteiger partial charge < -0.3 is 15.0 Å². The molecule has 1 atom stereocenters. The van der Waals surface area contributed by atoms with E-state index in [-0.39, 0.29) is 17.8 Å². The number of nitrogens with zero attached hydrogens (tertiary/aromatic N) is 2. The van der Waals surface area contributed by atoms with Crippen LogP contribution in [0.25, 0.3) is 0 Å². The van der Waals surface area contributed by atoms with E-state index in [4.69, 9.17) is 4.74 Å². The van der Waals surface area contributed by atoms with Crippen molar-refractivity contribution in [3.63, 3.8) is 0 Å². The monoisotopic (exact) mass is 285 g/mol. The highest BCUT2D eigenvalue weighted by Gasteiger charge is 2.22. The minimum atomic E-state index is -2.56. The molecule has 1 amide bonds. The van der Waals surface area contributed by atoms with Crippen LogP contribution in [0.1, 0.15) is 17.3 Å². The molecule has 0 saturated carbocycles. The standard InChI is InChI=1S/C13H17F2N3O2/c1-9-7-18(5-4-16-9)13(19)10-2-3-17-12(6-10)20-8-11(14)15/h2-3,6,9,11,16H,4-5,7-8H2,1H3/t9-/m1/s1. The van der Waals surface area contributed by atoms with E-state index < -0.39 is 13.0 Å². The summed E-state index contributed by atoms with van der Waals surface area (Å²) in [6.45, 7) is 3.26. The fourth-order valence-corrected chi connectivity index (χ4v) is 2.07. The van der Waals surface area contributed by atoms with Gasteiger partial charge in [-0.3, -0.25) is 4.79 Å². The zero-order valence-corrected chi connectivity index (χ0v) is 11.2. The number of amides is 1. The van der Waals surface area contributed by atoms with Gasteiger partial charge in [0.1, 0.15) is 0 Å². The Morgan fingerprint density at radius 3 is 3.15 bits per heavy atom. The summed E-state index contributed by atoms with van der Waals surface area (Å²) in [7, 11) is 0. The van der Waals surface area contributed by atoms with Crippen LogP contribution >= 0.6 is 0 Å². The Kier molecular flexibility index (Phi) is 4.84. The lowest BCUT2D eigenvalue weighted by molar-refractivity contribution is 0.0706. The van der Waals surface area contributed by atoms with Gasteiger partial charge in [-0.15, -0.1) is 0 Å². The number of ether oxygens (including phenoxy) is 1. The Morgan fingerprint density at radius 1 is 1.65 bits per heavy atom. The van der Waals surface area contributed by atoms with Gasteiger partial charge in [0.2, 0.25) is 5.88 Å². The Bertz CT molecular complexity index is 471. The van der Waals surface area contributed by atoms with Crippen molar-refractivity contribution < 1.29 is 18.3 Å². The molecule has 1 aromatic heterocycles. The molecule has 2 rings (SSSR count). The number of alkyl halides is 2. The average molecular weight is 285 g/mol. The highest BCUT2D eigenvalue weighted by atomic mass is 19.3. The highest BCUT2D eigenvalue weighted by Crippen LogP contribution is 2.13. The van der Waals surface area contributed by atoms with Crippen molar-refractivity contribution >= 4 is 5.91 Å². The maximum Gasteiger partial charge on any atom is 0.272 e. The Balaban J connectivity index is 2.04. The smallest absolute Gasteiger partial charge is 0.272 e. The zero-order chi connectivity index (χ0) is 14.5. The van der Waals surface area contributed by atoms with Crippen LogP contribution in [0.5, 0.6) is 5.88 Å². The SMILES string of the molecule is C[C@@H]1CN(C(=O)c2ccnc(OCC(F)F)c2)CCN1. The Hall–Kier alpha value is -1.76. The lowest BCUT2D eigenvalue weighted by Crippen LogP contribution is -2.51. The van der Waals surface area contributed by atoms with Gasteiger partial charge >= 0.3 is 0 Å². The second-order valence-corrected chi connectivity index (χ2v) is 4.69. The molecule has 1 aromatic rings. The van der Waals surface area contributed by atoms with Crippen molar-refractivity contribution in [3.8, 4) is 5.88 Å². The molecular formula is C13H17F2N3O2. The zero-order valence-electron chi connectivity index (χ0n) is 11.2. The van der Waals surface area contributed by atoms with E-state index in [2.05, 4.69) is 10.3 Å². The van der Waals surface area contributed by atoms with E-state index in [1.54, 1.807) is 11.0 Å². The van der Waals surface area contributed by atoms with Crippen LogP contribution in [0.15, 0.2) is 18.3 Å². The molecule has 20 heavy (non-hydrogen) atoms. The normalized spacial score (nSPS) is 19.2. The third kappa shape index (κ3) is 3.86. The summed E-state index contributed by atoms with van der Waals surface area (Å²) in [6, 6.07) is 3.20. The molecule has 1 aliphatic rings. The van der Waals surface area contributed by atoms with Crippen LogP contribution in [0.4, 0.5) is 8.78 Å². The summed E-state index contributed by atoms with van der Waals surface area (Å²) < 4.78 is 29.0. The highest BCUT2D eigenvalue weighted by molar-refractivity contribution is 5.94. The summed E-state index contributed by atoms with van der Waals surface area (Å²) >= 11 is 0. The molecule has 0 spiro atoms. The first-order chi connectivity index (χ1) is 9.56. The van der Waals surface area contributed by atoms with Crippen LogP contribution < -0.4 is 10.1 Å². The molecule has 7 heteroatoms. The van der Waals surface area contributed by atoms with E-state index in [1.165, 1.54) is 12.3 Å². The number of rotatable bonds is 4. The molecule has 1 aliphatic heterocycles. The third-order valence-corrected chi connectivity index (χ3v) is 2.99. The second kappa shape index (κ2) is 6.60. The number of nitrogens with one attached hydrogen (secondary N) is 1.